The van der Waals surface area contributed by atoms with E-state index in [4.69, 9.17) is 27.9 Å². The van der Waals surface area contributed by atoms with Gasteiger partial charge in [0, 0.05) is 16.5 Å². The molecule has 0 saturated heterocycles. The fourth-order valence-electron chi connectivity index (χ4n) is 3.19. The molecule has 4 rings (SSSR count). The lowest BCUT2D eigenvalue weighted by Crippen LogP contribution is -2.26. The van der Waals surface area contributed by atoms with E-state index in [1.165, 1.54) is 6.07 Å². The average molecular weight is 517 g/mol. The molecule has 0 fully saturated rings. The Morgan fingerprint density at radius 1 is 1.09 bits per heavy atom. The zero-order valence-electron chi connectivity index (χ0n) is 18.0. The summed E-state index contributed by atoms with van der Waals surface area (Å²) in [5, 5.41) is 12.5. The second kappa shape index (κ2) is 9.84. The van der Waals surface area contributed by atoms with E-state index in [9.17, 15) is 14.4 Å². The fourth-order valence-corrected chi connectivity index (χ4v) is 4.42. The summed E-state index contributed by atoms with van der Waals surface area (Å²) in [5.41, 5.74) is 1.38. The smallest absolute Gasteiger partial charge is 0.359 e. The minimum absolute atomic E-state index is 0.0220. The SMILES string of the molecule is CCOC(=O)c1nn(-c2ccc(C)cc2)c(=O)c2c(NC(=O)Nc3ccc(Cl)c(Cl)c3)scc12. The summed E-state index contributed by atoms with van der Waals surface area (Å²) in [6.45, 7) is 3.74. The van der Waals surface area contributed by atoms with Gasteiger partial charge < -0.3 is 10.1 Å². The molecule has 2 N–H and O–H groups in total. The first-order valence-electron chi connectivity index (χ1n) is 10.1. The first-order chi connectivity index (χ1) is 16.3. The van der Waals surface area contributed by atoms with Crippen LogP contribution in [0.15, 0.2) is 52.6 Å². The Kier molecular flexibility index (Phi) is 6.87. The Morgan fingerprint density at radius 3 is 2.50 bits per heavy atom. The lowest BCUT2D eigenvalue weighted by Gasteiger charge is -2.11. The Morgan fingerprint density at radius 2 is 1.82 bits per heavy atom. The molecular formula is C23H18Cl2N4O4S. The highest BCUT2D eigenvalue weighted by Crippen LogP contribution is 2.31. The maximum absolute atomic E-state index is 13.4. The predicted molar refractivity (Wildman–Crippen MR) is 135 cm³/mol. The minimum Gasteiger partial charge on any atom is -0.461 e. The van der Waals surface area contributed by atoms with Gasteiger partial charge in [-0.2, -0.15) is 9.78 Å². The third kappa shape index (κ3) is 4.77. The number of hydrogen-bond donors (Lipinski definition) is 2. The van der Waals surface area contributed by atoms with Crippen molar-refractivity contribution < 1.29 is 14.3 Å². The second-order valence-electron chi connectivity index (χ2n) is 7.18. The number of rotatable bonds is 5. The van der Waals surface area contributed by atoms with Crippen LogP contribution in [0.4, 0.5) is 15.5 Å². The number of fused-ring (bicyclic) bond motifs is 1. The van der Waals surface area contributed by atoms with Gasteiger partial charge in [0.05, 0.1) is 27.7 Å². The van der Waals surface area contributed by atoms with Crippen LogP contribution in [0.25, 0.3) is 16.5 Å². The first kappa shape index (κ1) is 23.7. The summed E-state index contributed by atoms with van der Waals surface area (Å²) in [7, 11) is 0. The number of carbonyl (C=O) groups excluding carboxylic acids is 2. The maximum atomic E-state index is 13.4. The van der Waals surface area contributed by atoms with Gasteiger partial charge in [0.2, 0.25) is 0 Å². The molecule has 2 aromatic heterocycles. The van der Waals surface area contributed by atoms with Crippen molar-refractivity contribution in [2.24, 2.45) is 0 Å². The van der Waals surface area contributed by atoms with Gasteiger partial charge in [0.1, 0.15) is 5.00 Å². The largest absolute Gasteiger partial charge is 0.461 e. The number of anilines is 2. The Labute approximate surface area is 208 Å². The molecule has 0 saturated carbocycles. The number of nitrogens with one attached hydrogen (secondary N) is 2. The highest BCUT2D eigenvalue weighted by atomic mass is 35.5. The number of thiophene rings is 1. The zero-order valence-corrected chi connectivity index (χ0v) is 20.3. The van der Waals surface area contributed by atoms with Crippen molar-refractivity contribution in [2.45, 2.75) is 13.8 Å². The van der Waals surface area contributed by atoms with Crippen LogP contribution in [0.2, 0.25) is 10.0 Å². The molecule has 11 heteroatoms. The Bertz CT molecular complexity index is 1460. The topological polar surface area (TPSA) is 102 Å². The van der Waals surface area contributed by atoms with E-state index >= 15 is 0 Å². The summed E-state index contributed by atoms with van der Waals surface area (Å²) in [6, 6.07) is 11.2. The number of aryl methyl sites for hydroxylation is 1. The van der Waals surface area contributed by atoms with Crippen LogP contribution in [-0.2, 0) is 4.74 Å². The molecule has 34 heavy (non-hydrogen) atoms. The normalized spacial score (nSPS) is 10.8. The van der Waals surface area contributed by atoms with Gasteiger partial charge in [-0.05, 0) is 44.2 Å². The Balaban J connectivity index is 1.77. The van der Waals surface area contributed by atoms with E-state index in [1.54, 1.807) is 36.6 Å². The first-order valence-corrected chi connectivity index (χ1v) is 11.7. The molecule has 2 aromatic carbocycles. The molecule has 2 amide bonds. The lowest BCUT2D eigenvalue weighted by molar-refractivity contribution is 0.0520. The lowest BCUT2D eigenvalue weighted by atomic mass is 10.2. The number of esters is 1. The third-order valence-electron chi connectivity index (χ3n) is 4.80. The van der Waals surface area contributed by atoms with Gasteiger partial charge >= 0.3 is 12.0 Å². The number of ether oxygens (including phenoxy) is 1. The number of halogens is 2. The molecule has 0 radical (unpaired) electrons. The molecule has 0 spiro atoms. The summed E-state index contributed by atoms with van der Waals surface area (Å²) < 4.78 is 6.27. The van der Waals surface area contributed by atoms with E-state index in [0.29, 0.717) is 21.8 Å². The Hall–Kier alpha value is -3.40. The number of hydrogen-bond acceptors (Lipinski definition) is 6. The van der Waals surface area contributed by atoms with Crippen LogP contribution >= 0.6 is 34.5 Å². The highest BCUT2D eigenvalue weighted by molar-refractivity contribution is 7.16. The van der Waals surface area contributed by atoms with E-state index in [2.05, 4.69) is 15.7 Å². The number of nitrogens with zero attached hydrogens (tertiary/aromatic N) is 2. The molecule has 8 nitrogen and oxygen atoms in total. The van der Waals surface area contributed by atoms with Gasteiger partial charge in [0.15, 0.2) is 5.69 Å². The van der Waals surface area contributed by atoms with Crippen molar-refractivity contribution in [3.8, 4) is 5.69 Å². The molecule has 0 unspecified atom stereocenters. The van der Waals surface area contributed by atoms with Crippen molar-refractivity contribution in [3.05, 3.63) is 79.5 Å². The summed E-state index contributed by atoms with van der Waals surface area (Å²) in [4.78, 5) is 38.7. The van der Waals surface area contributed by atoms with Crippen LogP contribution in [-0.4, -0.2) is 28.4 Å². The van der Waals surface area contributed by atoms with Crippen LogP contribution < -0.4 is 16.2 Å². The van der Waals surface area contributed by atoms with Crippen molar-refractivity contribution in [3.63, 3.8) is 0 Å². The van der Waals surface area contributed by atoms with Gasteiger partial charge in [0.25, 0.3) is 5.56 Å². The van der Waals surface area contributed by atoms with E-state index in [-0.39, 0.29) is 27.7 Å². The van der Waals surface area contributed by atoms with Gasteiger partial charge in [-0.1, -0.05) is 40.9 Å². The predicted octanol–water partition coefficient (Wildman–Crippen LogP) is 5.88. The van der Waals surface area contributed by atoms with Crippen molar-refractivity contribution in [1.29, 1.82) is 0 Å². The van der Waals surface area contributed by atoms with Gasteiger partial charge in [-0.25, -0.2) is 9.59 Å². The maximum Gasteiger partial charge on any atom is 0.359 e. The number of urea groups is 1. The average Bonchev–Trinajstić information content (AvgIpc) is 3.21. The standard InChI is InChI=1S/C23H18Cl2N4O4S/c1-3-33-22(31)19-15-11-34-20(27-23(32)26-13-6-9-16(24)17(25)10-13)18(15)21(30)29(28-19)14-7-4-12(2)5-8-14/h4-11H,3H2,1-2H3,(H2,26,27,32). The molecular weight excluding hydrogens is 499 g/mol. The highest BCUT2D eigenvalue weighted by Gasteiger charge is 2.23. The molecule has 0 aliphatic carbocycles. The number of carbonyl (C=O) groups is 2. The van der Waals surface area contributed by atoms with Crippen LogP contribution in [0.1, 0.15) is 23.0 Å². The van der Waals surface area contributed by atoms with E-state index in [0.717, 1.165) is 21.6 Å². The third-order valence-corrected chi connectivity index (χ3v) is 6.44. The second-order valence-corrected chi connectivity index (χ2v) is 8.88. The molecule has 0 bridgehead atoms. The number of aromatic nitrogens is 2. The molecule has 0 aliphatic rings. The van der Waals surface area contributed by atoms with Crippen molar-refractivity contribution in [2.75, 3.05) is 17.2 Å². The summed E-state index contributed by atoms with van der Waals surface area (Å²) >= 11 is 13.0. The molecule has 2 heterocycles. The van der Waals surface area contributed by atoms with E-state index in [1.807, 2.05) is 19.1 Å². The minimum atomic E-state index is -0.669. The monoisotopic (exact) mass is 516 g/mol. The number of benzene rings is 2. The van der Waals surface area contributed by atoms with Gasteiger partial charge in [-0.3, -0.25) is 10.1 Å². The van der Waals surface area contributed by atoms with Crippen molar-refractivity contribution in [1.82, 2.24) is 9.78 Å². The summed E-state index contributed by atoms with van der Waals surface area (Å²) in [6.07, 6.45) is 0. The van der Waals surface area contributed by atoms with E-state index < -0.39 is 17.6 Å². The quantitative estimate of drug-likeness (QED) is 0.322. The molecule has 0 atom stereocenters. The number of amides is 2. The molecule has 174 valence electrons. The van der Waals surface area contributed by atoms with Crippen LogP contribution in [0, 0.1) is 6.92 Å². The summed E-state index contributed by atoms with van der Waals surface area (Å²) in [5.74, 6) is -0.669. The fraction of sp³-hybridized carbons (Fsp3) is 0.130. The van der Waals surface area contributed by atoms with Crippen LogP contribution in [0.5, 0.6) is 0 Å². The molecule has 0 aliphatic heterocycles. The van der Waals surface area contributed by atoms with Crippen molar-refractivity contribution >= 4 is 68.0 Å². The van der Waals surface area contributed by atoms with Crippen LogP contribution in [0.3, 0.4) is 0 Å². The molecule has 4 aromatic rings. The zero-order chi connectivity index (χ0) is 24.4. The van der Waals surface area contributed by atoms with Gasteiger partial charge in [-0.15, -0.1) is 11.3 Å².